The highest BCUT2D eigenvalue weighted by atomic mass is 19.1. The van der Waals surface area contributed by atoms with Gasteiger partial charge in [-0.15, -0.1) is 0 Å². The number of halogens is 1. The largest absolute Gasteiger partial charge is 0.507 e. The highest BCUT2D eigenvalue weighted by Crippen LogP contribution is 2.43. The van der Waals surface area contributed by atoms with Crippen LogP contribution in [-0.4, -0.2) is 36.2 Å². The van der Waals surface area contributed by atoms with Crippen LogP contribution in [0.15, 0.2) is 12.1 Å². The number of benzene rings is 1. The van der Waals surface area contributed by atoms with Gasteiger partial charge in [-0.25, -0.2) is 4.39 Å². The van der Waals surface area contributed by atoms with E-state index in [1.807, 2.05) is 0 Å². The SMILES string of the molecule is Cc1cc(F)cc([C@H](CC2CC2)N2CCNCC2)c1O. The monoisotopic (exact) mass is 278 g/mol. The molecule has 2 fully saturated rings. The Labute approximate surface area is 119 Å². The predicted molar refractivity (Wildman–Crippen MR) is 77.3 cm³/mol. The van der Waals surface area contributed by atoms with Crippen molar-refractivity contribution in [1.82, 2.24) is 10.2 Å². The van der Waals surface area contributed by atoms with E-state index in [4.69, 9.17) is 0 Å². The number of aryl methyl sites for hydroxylation is 1. The molecule has 0 spiro atoms. The summed E-state index contributed by atoms with van der Waals surface area (Å²) in [6, 6.07) is 3.08. The van der Waals surface area contributed by atoms with E-state index in [0.29, 0.717) is 5.56 Å². The average Bonchev–Trinajstić information content (AvgIpc) is 3.25. The van der Waals surface area contributed by atoms with Gasteiger partial charge in [0.05, 0.1) is 0 Å². The molecular formula is C16H23FN2O. The average molecular weight is 278 g/mol. The minimum absolute atomic E-state index is 0.152. The smallest absolute Gasteiger partial charge is 0.124 e. The third-order valence-corrected chi connectivity index (χ3v) is 4.50. The van der Waals surface area contributed by atoms with Gasteiger partial charge in [-0.3, -0.25) is 4.90 Å². The number of phenols is 1. The maximum absolute atomic E-state index is 13.7. The van der Waals surface area contributed by atoms with Gasteiger partial charge in [-0.1, -0.05) is 12.8 Å². The van der Waals surface area contributed by atoms with E-state index in [1.165, 1.54) is 25.0 Å². The molecule has 3 rings (SSSR count). The van der Waals surface area contributed by atoms with Crippen molar-refractivity contribution in [2.24, 2.45) is 5.92 Å². The van der Waals surface area contributed by atoms with Crippen LogP contribution in [0.4, 0.5) is 4.39 Å². The minimum Gasteiger partial charge on any atom is -0.507 e. The standard InChI is InChI=1S/C16H23FN2O/c1-11-8-13(17)10-14(16(11)20)15(9-12-2-3-12)19-6-4-18-5-7-19/h8,10,12,15,18,20H,2-7,9H2,1H3/t15-/m0/s1. The highest BCUT2D eigenvalue weighted by Gasteiger charge is 2.32. The lowest BCUT2D eigenvalue weighted by Gasteiger charge is -2.36. The molecule has 1 saturated heterocycles. The van der Waals surface area contributed by atoms with E-state index in [9.17, 15) is 9.50 Å². The van der Waals surface area contributed by atoms with Crippen molar-refractivity contribution in [3.05, 3.63) is 29.1 Å². The van der Waals surface area contributed by atoms with E-state index in [-0.39, 0.29) is 17.6 Å². The van der Waals surface area contributed by atoms with Gasteiger partial charge in [-0.2, -0.15) is 0 Å². The summed E-state index contributed by atoms with van der Waals surface area (Å²) >= 11 is 0. The van der Waals surface area contributed by atoms with Crippen LogP contribution in [0.1, 0.15) is 36.4 Å². The van der Waals surface area contributed by atoms with Crippen LogP contribution in [-0.2, 0) is 0 Å². The van der Waals surface area contributed by atoms with Crippen LogP contribution >= 0.6 is 0 Å². The Morgan fingerprint density at radius 1 is 1.35 bits per heavy atom. The Balaban J connectivity index is 1.90. The summed E-state index contributed by atoms with van der Waals surface area (Å²) < 4.78 is 13.7. The van der Waals surface area contributed by atoms with Gasteiger partial charge >= 0.3 is 0 Å². The number of nitrogens with one attached hydrogen (secondary N) is 1. The first kappa shape index (κ1) is 13.8. The molecule has 1 aromatic rings. The Morgan fingerprint density at radius 2 is 2.05 bits per heavy atom. The third kappa shape index (κ3) is 2.96. The zero-order valence-corrected chi connectivity index (χ0v) is 12.0. The number of phenolic OH excluding ortho intramolecular Hbond substituents is 1. The zero-order valence-electron chi connectivity index (χ0n) is 12.0. The number of piperazine rings is 1. The van der Waals surface area contributed by atoms with Crippen LogP contribution in [0, 0.1) is 18.7 Å². The molecule has 1 aliphatic heterocycles. The second kappa shape index (κ2) is 5.70. The summed E-state index contributed by atoms with van der Waals surface area (Å²) in [4.78, 5) is 2.39. The molecule has 1 aliphatic carbocycles. The van der Waals surface area contributed by atoms with Gasteiger partial charge < -0.3 is 10.4 Å². The minimum atomic E-state index is -0.244. The van der Waals surface area contributed by atoms with Crippen molar-refractivity contribution >= 4 is 0 Å². The van der Waals surface area contributed by atoms with E-state index >= 15 is 0 Å². The van der Waals surface area contributed by atoms with Crippen LogP contribution < -0.4 is 5.32 Å². The fraction of sp³-hybridized carbons (Fsp3) is 0.625. The van der Waals surface area contributed by atoms with Crippen LogP contribution in [0.25, 0.3) is 0 Å². The highest BCUT2D eigenvalue weighted by molar-refractivity contribution is 5.42. The van der Waals surface area contributed by atoms with Gasteiger partial charge in [0.1, 0.15) is 11.6 Å². The summed E-state index contributed by atoms with van der Waals surface area (Å²) in [7, 11) is 0. The second-order valence-corrected chi connectivity index (χ2v) is 6.14. The van der Waals surface area contributed by atoms with Crippen LogP contribution in [0.5, 0.6) is 5.75 Å². The predicted octanol–water partition coefficient (Wildman–Crippen LogP) is 2.59. The first-order valence-electron chi connectivity index (χ1n) is 7.59. The first-order valence-corrected chi connectivity index (χ1v) is 7.59. The molecule has 0 aromatic heterocycles. The molecule has 0 unspecified atom stereocenters. The lowest BCUT2D eigenvalue weighted by atomic mass is 9.96. The second-order valence-electron chi connectivity index (χ2n) is 6.14. The Bertz CT molecular complexity index is 482. The summed E-state index contributed by atoms with van der Waals surface area (Å²) in [5.41, 5.74) is 1.41. The van der Waals surface area contributed by atoms with Crippen LogP contribution in [0.3, 0.4) is 0 Å². The van der Waals surface area contributed by atoms with E-state index < -0.39 is 0 Å². The van der Waals surface area contributed by atoms with Crippen molar-refractivity contribution in [3.8, 4) is 5.75 Å². The fourth-order valence-corrected chi connectivity index (χ4v) is 3.15. The van der Waals surface area contributed by atoms with Crippen molar-refractivity contribution in [2.75, 3.05) is 26.2 Å². The molecule has 1 atom stereocenters. The normalized spacial score (nSPS) is 21.9. The molecule has 1 aromatic carbocycles. The molecule has 2 aliphatic rings. The molecule has 1 saturated carbocycles. The van der Waals surface area contributed by atoms with E-state index in [0.717, 1.165) is 44.1 Å². The van der Waals surface area contributed by atoms with Gasteiger partial charge in [0.2, 0.25) is 0 Å². The molecule has 0 bridgehead atoms. The molecular weight excluding hydrogens is 255 g/mol. The Kier molecular flexibility index (Phi) is 3.94. The van der Waals surface area contributed by atoms with Crippen molar-refractivity contribution in [1.29, 1.82) is 0 Å². The fourth-order valence-electron chi connectivity index (χ4n) is 3.15. The van der Waals surface area contributed by atoms with Gasteiger partial charge in [0.25, 0.3) is 0 Å². The maximum atomic E-state index is 13.7. The van der Waals surface area contributed by atoms with Crippen molar-refractivity contribution in [2.45, 2.75) is 32.2 Å². The first-order chi connectivity index (χ1) is 9.65. The summed E-state index contributed by atoms with van der Waals surface area (Å²) in [6.45, 7) is 5.64. The number of nitrogens with zero attached hydrogens (tertiary/aromatic N) is 1. The molecule has 3 nitrogen and oxygen atoms in total. The van der Waals surface area contributed by atoms with E-state index in [1.54, 1.807) is 6.92 Å². The summed E-state index contributed by atoms with van der Waals surface area (Å²) in [6.07, 6.45) is 3.59. The molecule has 4 heteroatoms. The topological polar surface area (TPSA) is 35.5 Å². The van der Waals surface area contributed by atoms with Crippen molar-refractivity contribution < 1.29 is 9.50 Å². The van der Waals surface area contributed by atoms with Crippen molar-refractivity contribution in [3.63, 3.8) is 0 Å². The number of hydrogen-bond acceptors (Lipinski definition) is 3. The van der Waals surface area contributed by atoms with Gasteiger partial charge in [-0.05, 0) is 37.0 Å². The Morgan fingerprint density at radius 3 is 2.70 bits per heavy atom. The molecule has 0 amide bonds. The van der Waals surface area contributed by atoms with E-state index in [2.05, 4.69) is 10.2 Å². The van der Waals surface area contributed by atoms with Gasteiger partial charge in [0, 0.05) is 37.8 Å². The lowest BCUT2D eigenvalue weighted by molar-refractivity contribution is 0.157. The summed E-state index contributed by atoms with van der Waals surface area (Å²) in [5.74, 6) is 0.777. The molecule has 1 heterocycles. The number of aromatic hydroxyl groups is 1. The molecule has 0 radical (unpaired) electrons. The zero-order chi connectivity index (χ0) is 14.1. The summed E-state index contributed by atoms with van der Waals surface area (Å²) in [5, 5.41) is 13.7. The maximum Gasteiger partial charge on any atom is 0.124 e. The number of rotatable bonds is 4. The number of hydrogen-bond donors (Lipinski definition) is 2. The van der Waals surface area contributed by atoms with Gasteiger partial charge in [0.15, 0.2) is 0 Å². The lowest BCUT2D eigenvalue weighted by Crippen LogP contribution is -2.45. The third-order valence-electron chi connectivity index (χ3n) is 4.50. The Hall–Kier alpha value is -1.13. The molecule has 110 valence electrons. The molecule has 2 N–H and O–H groups in total. The quantitative estimate of drug-likeness (QED) is 0.888. The molecule has 20 heavy (non-hydrogen) atoms. The van der Waals surface area contributed by atoms with Crippen LogP contribution in [0.2, 0.25) is 0 Å².